The fourth-order valence-electron chi connectivity index (χ4n) is 2.56. The van der Waals surface area contributed by atoms with E-state index in [9.17, 15) is 13.2 Å². The van der Waals surface area contributed by atoms with Crippen LogP contribution in [0.2, 0.25) is 0 Å². The van der Waals surface area contributed by atoms with Crippen molar-refractivity contribution in [3.05, 3.63) is 45.7 Å². The Morgan fingerprint density at radius 1 is 1.21 bits per heavy atom. The Balaban J connectivity index is 2.14. The number of aromatic nitrogens is 1. The van der Waals surface area contributed by atoms with E-state index in [4.69, 9.17) is 0 Å². The van der Waals surface area contributed by atoms with Crippen LogP contribution in [0.25, 0.3) is 10.9 Å². The zero-order valence-corrected chi connectivity index (χ0v) is 15.4. The summed E-state index contributed by atoms with van der Waals surface area (Å²) in [7, 11) is -3.25. The van der Waals surface area contributed by atoms with E-state index in [1.54, 1.807) is 0 Å². The van der Waals surface area contributed by atoms with Crippen molar-refractivity contribution in [1.82, 2.24) is 9.71 Å². The SMILES string of the molecule is CCCCS(=O)(=O)NCCc1cc2cc(C(C)C)ccc2[nH]c1=O. The molecule has 2 N–H and O–H groups in total. The fraction of sp³-hybridized carbons (Fsp3) is 0.500. The van der Waals surface area contributed by atoms with Gasteiger partial charge in [-0.25, -0.2) is 13.1 Å². The average Bonchev–Trinajstić information content (AvgIpc) is 2.52. The number of rotatable bonds is 8. The van der Waals surface area contributed by atoms with Crippen LogP contribution in [0.1, 0.15) is 50.7 Å². The maximum atomic E-state index is 12.1. The van der Waals surface area contributed by atoms with Crippen molar-refractivity contribution in [2.75, 3.05) is 12.3 Å². The van der Waals surface area contributed by atoms with Crippen molar-refractivity contribution in [2.24, 2.45) is 0 Å². The third kappa shape index (κ3) is 4.92. The van der Waals surface area contributed by atoms with E-state index in [1.165, 1.54) is 5.56 Å². The minimum absolute atomic E-state index is 0.134. The van der Waals surface area contributed by atoms with Gasteiger partial charge in [0.15, 0.2) is 0 Å². The van der Waals surface area contributed by atoms with Crippen LogP contribution in [-0.2, 0) is 16.4 Å². The number of aromatic amines is 1. The molecule has 0 spiro atoms. The van der Waals surface area contributed by atoms with Crippen LogP contribution >= 0.6 is 0 Å². The molecule has 5 nitrogen and oxygen atoms in total. The summed E-state index contributed by atoms with van der Waals surface area (Å²) in [6.07, 6.45) is 1.86. The van der Waals surface area contributed by atoms with Gasteiger partial charge in [0.1, 0.15) is 0 Å². The van der Waals surface area contributed by atoms with Gasteiger partial charge in [0.25, 0.3) is 5.56 Å². The first-order chi connectivity index (χ1) is 11.3. The molecule has 0 unspecified atom stereocenters. The summed E-state index contributed by atoms with van der Waals surface area (Å²) in [6, 6.07) is 7.87. The number of unbranched alkanes of at least 4 members (excludes halogenated alkanes) is 1. The Hall–Kier alpha value is -1.66. The van der Waals surface area contributed by atoms with Gasteiger partial charge >= 0.3 is 0 Å². The van der Waals surface area contributed by atoms with Crippen molar-refractivity contribution in [3.63, 3.8) is 0 Å². The first-order valence-electron chi connectivity index (χ1n) is 8.45. The number of pyridine rings is 1. The highest BCUT2D eigenvalue weighted by Crippen LogP contribution is 2.20. The maximum absolute atomic E-state index is 12.1. The molecule has 24 heavy (non-hydrogen) atoms. The Bertz CT molecular complexity index is 854. The number of fused-ring (bicyclic) bond motifs is 1. The molecule has 0 radical (unpaired) electrons. The van der Waals surface area contributed by atoms with Crippen LogP contribution in [-0.4, -0.2) is 25.7 Å². The molecule has 0 saturated heterocycles. The highest BCUT2D eigenvalue weighted by molar-refractivity contribution is 7.89. The number of H-pyrrole nitrogens is 1. The zero-order valence-electron chi connectivity index (χ0n) is 14.6. The largest absolute Gasteiger partial charge is 0.322 e. The van der Waals surface area contributed by atoms with Crippen LogP contribution < -0.4 is 10.3 Å². The molecule has 0 aliphatic rings. The molecule has 0 bridgehead atoms. The number of hydrogen-bond acceptors (Lipinski definition) is 3. The molecule has 2 aromatic rings. The smallest absolute Gasteiger partial charge is 0.251 e. The van der Waals surface area contributed by atoms with Gasteiger partial charge in [-0.2, -0.15) is 0 Å². The van der Waals surface area contributed by atoms with Gasteiger partial charge in [-0.15, -0.1) is 0 Å². The first-order valence-corrected chi connectivity index (χ1v) is 10.1. The molecule has 0 amide bonds. The van der Waals surface area contributed by atoms with Crippen LogP contribution in [0.5, 0.6) is 0 Å². The summed E-state index contributed by atoms with van der Waals surface area (Å²) >= 11 is 0. The van der Waals surface area contributed by atoms with Gasteiger partial charge in [-0.05, 0) is 47.9 Å². The summed E-state index contributed by atoms with van der Waals surface area (Å²) in [4.78, 5) is 15.0. The molecule has 0 aliphatic heterocycles. The van der Waals surface area contributed by atoms with E-state index in [-0.39, 0.29) is 17.9 Å². The minimum atomic E-state index is -3.25. The molecule has 1 aromatic carbocycles. The molecule has 2 rings (SSSR count). The van der Waals surface area contributed by atoms with Crippen LogP contribution in [0.4, 0.5) is 0 Å². The molecule has 1 heterocycles. The molecule has 132 valence electrons. The fourth-order valence-corrected chi connectivity index (χ4v) is 3.79. The van der Waals surface area contributed by atoms with Crippen molar-refractivity contribution in [2.45, 2.75) is 46.0 Å². The predicted octanol–water partition coefficient (Wildman–Crippen LogP) is 2.91. The second-order valence-electron chi connectivity index (χ2n) is 6.44. The first kappa shape index (κ1) is 18.7. The summed E-state index contributed by atoms with van der Waals surface area (Å²) in [5, 5.41) is 0.977. The van der Waals surface area contributed by atoms with E-state index in [0.717, 1.165) is 17.3 Å². The standard InChI is InChI=1S/C18H26N2O3S/c1-4-5-10-24(22,23)19-9-8-15-12-16-11-14(13(2)3)6-7-17(16)20-18(15)21/h6-7,11-13,19H,4-5,8-10H2,1-3H3,(H,20,21). The Labute approximate surface area is 143 Å². The van der Waals surface area contributed by atoms with Crippen LogP contribution in [0.3, 0.4) is 0 Å². The van der Waals surface area contributed by atoms with Gasteiger partial charge in [0, 0.05) is 17.6 Å². The van der Waals surface area contributed by atoms with Gasteiger partial charge in [0.05, 0.1) is 5.75 Å². The number of nitrogens with one attached hydrogen (secondary N) is 2. The third-order valence-corrected chi connectivity index (χ3v) is 5.56. The Morgan fingerprint density at radius 3 is 2.62 bits per heavy atom. The topological polar surface area (TPSA) is 79.0 Å². The molecule has 0 atom stereocenters. The van der Waals surface area contributed by atoms with E-state index in [1.807, 2.05) is 25.1 Å². The lowest BCUT2D eigenvalue weighted by molar-refractivity contribution is 0.578. The Morgan fingerprint density at radius 2 is 1.96 bits per heavy atom. The monoisotopic (exact) mass is 350 g/mol. The van der Waals surface area contributed by atoms with Crippen LogP contribution in [0, 0.1) is 0 Å². The lowest BCUT2D eigenvalue weighted by Gasteiger charge is -2.09. The van der Waals surface area contributed by atoms with Gasteiger partial charge < -0.3 is 4.98 Å². The molecule has 6 heteroatoms. The number of benzene rings is 1. The van der Waals surface area contributed by atoms with Gasteiger partial charge in [-0.3, -0.25) is 4.79 Å². The predicted molar refractivity (Wildman–Crippen MR) is 99.1 cm³/mol. The summed E-state index contributed by atoms with van der Waals surface area (Å²) < 4.78 is 26.2. The molecular formula is C18H26N2O3S. The lowest BCUT2D eigenvalue weighted by atomic mass is 10.0. The lowest BCUT2D eigenvalue weighted by Crippen LogP contribution is -2.29. The Kier molecular flexibility index (Phi) is 6.18. The van der Waals surface area contributed by atoms with E-state index < -0.39 is 10.0 Å². The van der Waals surface area contributed by atoms with E-state index in [2.05, 4.69) is 29.6 Å². The normalized spacial score (nSPS) is 12.2. The molecule has 1 aromatic heterocycles. The maximum Gasteiger partial charge on any atom is 0.251 e. The van der Waals surface area contributed by atoms with Crippen LogP contribution in [0.15, 0.2) is 29.1 Å². The second kappa shape index (κ2) is 7.94. The average molecular weight is 350 g/mol. The summed E-state index contributed by atoms with van der Waals surface area (Å²) in [5.74, 6) is 0.546. The quantitative estimate of drug-likeness (QED) is 0.768. The molecule has 0 saturated carbocycles. The van der Waals surface area contributed by atoms with E-state index in [0.29, 0.717) is 24.3 Å². The van der Waals surface area contributed by atoms with Crippen molar-refractivity contribution in [3.8, 4) is 0 Å². The molecule has 0 fully saturated rings. The van der Waals surface area contributed by atoms with E-state index >= 15 is 0 Å². The summed E-state index contributed by atoms with van der Waals surface area (Å²) in [5.41, 5.74) is 2.45. The summed E-state index contributed by atoms with van der Waals surface area (Å²) in [6.45, 7) is 6.44. The second-order valence-corrected chi connectivity index (χ2v) is 8.37. The van der Waals surface area contributed by atoms with Crippen molar-refractivity contribution in [1.29, 1.82) is 0 Å². The van der Waals surface area contributed by atoms with Gasteiger partial charge in [0.2, 0.25) is 10.0 Å². The number of sulfonamides is 1. The van der Waals surface area contributed by atoms with Crippen molar-refractivity contribution >= 4 is 20.9 Å². The third-order valence-electron chi connectivity index (χ3n) is 4.09. The van der Waals surface area contributed by atoms with Gasteiger partial charge in [-0.1, -0.05) is 33.3 Å². The number of hydrogen-bond donors (Lipinski definition) is 2. The highest BCUT2D eigenvalue weighted by atomic mass is 32.2. The minimum Gasteiger partial charge on any atom is -0.322 e. The van der Waals surface area contributed by atoms with Crippen molar-refractivity contribution < 1.29 is 8.42 Å². The zero-order chi connectivity index (χ0) is 17.7. The molecular weight excluding hydrogens is 324 g/mol. The highest BCUT2D eigenvalue weighted by Gasteiger charge is 2.10. The molecule has 0 aliphatic carbocycles.